The van der Waals surface area contributed by atoms with Crippen LogP contribution in [0.1, 0.15) is 40.9 Å². The van der Waals surface area contributed by atoms with Crippen molar-refractivity contribution in [2.24, 2.45) is 0 Å². The highest BCUT2D eigenvalue weighted by molar-refractivity contribution is 5.88. The fourth-order valence-electron chi connectivity index (χ4n) is 2.00. The van der Waals surface area contributed by atoms with E-state index in [0.717, 1.165) is 43.4 Å². The van der Waals surface area contributed by atoms with Crippen LogP contribution in [0.5, 0.6) is 0 Å². The van der Waals surface area contributed by atoms with Crippen LogP contribution in [0, 0.1) is 0 Å². The predicted octanol–water partition coefficient (Wildman–Crippen LogP) is 1.70. The number of hydrogen-bond acceptors (Lipinski definition) is 4. The van der Waals surface area contributed by atoms with Gasteiger partial charge in [0.25, 0.3) is 0 Å². The number of hydrogen-bond donors (Lipinski definition) is 0. The van der Waals surface area contributed by atoms with E-state index in [-0.39, 0.29) is 5.56 Å². The topological polar surface area (TPSA) is 56.5 Å². The zero-order valence-corrected chi connectivity index (χ0v) is 9.25. The van der Waals surface area contributed by atoms with Crippen molar-refractivity contribution in [1.82, 2.24) is 0 Å². The van der Waals surface area contributed by atoms with Crippen LogP contribution in [0.4, 0.5) is 0 Å². The Morgan fingerprint density at radius 2 is 2.06 bits per heavy atom. The molecular weight excluding hydrogens is 208 g/mol. The second-order valence-electron chi connectivity index (χ2n) is 3.95. The van der Waals surface area contributed by atoms with E-state index in [1.807, 2.05) is 0 Å². The number of fused-ring (bicyclic) bond motifs is 1. The summed E-state index contributed by atoms with van der Waals surface area (Å²) in [5.41, 5.74) is 0.383. The van der Waals surface area contributed by atoms with Gasteiger partial charge in [0, 0.05) is 6.42 Å². The zero-order valence-electron chi connectivity index (χ0n) is 9.25. The van der Waals surface area contributed by atoms with Gasteiger partial charge in [-0.25, -0.2) is 9.59 Å². The standard InChI is InChI=1S/C12H14O4/c1-15-11(13)9-7-8-5-3-2-4-6-10(8)16-12(9)14/h7H,2-6H2,1H3. The summed E-state index contributed by atoms with van der Waals surface area (Å²) in [5, 5.41) is 0. The second-order valence-corrected chi connectivity index (χ2v) is 3.95. The Labute approximate surface area is 93.2 Å². The van der Waals surface area contributed by atoms with Crippen molar-refractivity contribution in [3.63, 3.8) is 0 Å². The Balaban J connectivity index is 2.47. The summed E-state index contributed by atoms with van der Waals surface area (Å²) < 4.78 is 9.72. The van der Waals surface area contributed by atoms with Gasteiger partial charge >= 0.3 is 11.6 Å². The molecule has 2 rings (SSSR count). The van der Waals surface area contributed by atoms with Crippen LogP contribution in [0.15, 0.2) is 15.3 Å². The molecule has 0 aromatic carbocycles. The van der Waals surface area contributed by atoms with Crippen molar-refractivity contribution in [3.05, 3.63) is 33.4 Å². The monoisotopic (exact) mass is 222 g/mol. The summed E-state index contributed by atoms with van der Waals surface area (Å²) in [4.78, 5) is 22.9. The van der Waals surface area contributed by atoms with Crippen LogP contribution in [0.25, 0.3) is 0 Å². The zero-order chi connectivity index (χ0) is 11.5. The number of ether oxygens (including phenoxy) is 1. The SMILES string of the molecule is COC(=O)c1cc2c(oc1=O)CCCCC2. The Morgan fingerprint density at radius 3 is 2.81 bits per heavy atom. The van der Waals surface area contributed by atoms with Crippen LogP contribution >= 0.6 is 0 Å². The smallest absolute Gasteiger partial charge is 0.350 e. The summed E-state index contributed by atoms with van der Waals surface area (Å²) >= 11 is 0. The van der Waals surface area contributed by atoms with E-state index in [2.05, 4.69) is 4.74 Å². The van der Waals surface area contributed by atoms with Crippen LogP contribution in [0.3, 0.4) is 0 Å². The summed E-state index contributed by atoms with van der Waals surface area (Å²) in [7, 11) is 1.26. The van der Waals surface area contributed by atoms with Crippen molar-refractivity contribution < 1.29 is 13.9 Å². The lowest BCUT2D eigenvalue weighted by atomic mass is 10.1. The molecule has 0 N–H and O–H groups in total. The Kier molecular flexibility index (Phi) is 3.08. The highest BCUT2D eigenvalue weighted by atomic mass is 16.5. The Hall–Kier alpha value is -1.58. The van der Waals surface area contributed by atoms with E-state index >= 15 is 0 Å². The molecule has 0 amide bonds. The molecule has 0 spiro atoms. The van der Waals surface area contributed by atoms with Crippen molar-refractivity contribution in [2.75, 3.05) is 7.11 Å². The molecule has 0 aliphatic heterocycles. The van der Waals surface area contributed by atoms with E-state index in [0.29, 0.717) is 0 Å². The molecule has 0 saturated heterocycles. The first-order chi connectivity index (χ1) is 7.72. The minimum Gasteiger partial charge on any atom is -0.465 e. The van der Waals surface area contributed by atoms with Gasteiger partial charge in [-0.2, -0.15) is 0 Å². The lowest BCUT2D eigenvalue weighted by molar-refractivity contribution is 0.0595. The van der Waals surface area contributed by atoms with Gasteiger partial charge in [-0.05, 0) is 30.9 Å². The molecule has 1 aromatic heterocycles. The molecule has 4 heteroatoms. The molecule has 0 bridgehead atoms. The lowest BCUT2D eigenvalue weighted by Crippen LogP contribution is -2.17. The van der Waals surface area contributed by atoms with Crippen LogP contribution in [-0.2, 0) is 17.6 Å². The predicted molar refractivity (Wildman–Crippen MR) is 57.6 cm³/mol. The fraction of sp³-hybridized carbons (Fsp3) is 0.500. The van der Waals surface area contributed by atoms with E-state index in [9.17, 15) is 9.59 Å². The first kappa shape index (κ1) is 10.9. The molecule has 1 aliphatic carbocycles. The van der Waals surface area contributed by atoms with Gasteiger partial charge in [0.1, 0.15) is 11.3 Å². The number of aryl methyl sites for hydroxylation is 2. The summed E-state index contributed by atoms with van der Waals surface area (Å²) in [5.74, 6) is 0.107. The molecule has 1 heterocycles. The van der Waals surface area contributed by atoms with Crippen LogP contribution in [0.2, 0.25) is 0 Å². The maximum atomic E-state index is 11.5. The normalized spacial score (nSPS) is 15.1. The van der Waals surface area contributed by atoms with E-state index in [1.54, 1.807) is 6.07 Å². The highest BCUT2D eigenvalue weighted by Gasteiger charge is 2.18. The molecule has 0 unspecified atom stereocenters. The van der Waals surface area contributed by atoms with Crippen LogP contribution < -0.4 is 5.63 Å². The quantitative estimate of drug-likeness (QED) is 0.536. The fourth-order valence-corrected chi connectivity index (χ4v) is 2.00. The van der Waals surface area contributed by atoms with Crippen molar-refractivity contribution >= 4 is 5.97 Å². The van der Waals surface area contributed by atoms with E-state index < -0.39 is 11.6 Å². The van der Waals surface area contributed by atoms with Crippen molar-refractivity contribution in [1.29, 1.82) is 0 Å². The molecule has 1 aromatic rings. The van der Waals surface area contributed by atoms with Gasteiger partial charge in [-0.3, -0.25) is 0 Å². The lowest BCUT2D eigenvalue weighted by Gasteiger charge is -2.05. The van der Waals surface area contributed by atoms with Crippen LogP contribution in [-0.4, -0.2) is 13.1 Å². The third-order valence-electron chi connectivity index (χ3n) is 2.87. The average Bonchev–Trinajstić information content (AvgIpc) is 2.51. The molecule has 1 aliphatic rings. The highest BCUT2D eigenvalue weighted by Crippen LogP contribution is 2.20. The summed E-state index contributed by atoms with van der Waals surface area (Å²) in [6.07, 6.45) is 4.88. The van der Waals surface area contributed by atoms with Gasteiger partial charge in [-0.15, -0.1) is 0 Å². The number of rotatable bonds is 1. The first-order valence-corrected chi connectivity index (χ1v) is 5.46. The molecule has 0 fully saturated rings. The largest absolute Gasteiger partial charge is 0.465 e. The number of carbonyl (C=O) groups excluding carboxylic acids is 1. The van der Waals surface area contributed by atoms with Crippen molar-refractivity contribution in [2.45, 2.75) is 32.1 Å². The third kappa shape index (κ3) is 2.01. The molecule has 4 nitrogen and oxygen atoms in total. The van der Waals surface area contributed by atoms with Gasteiger partial charge in [0.15, 0.2) is 0 Å². The van der Waals surface area contributed by atoms with Crippen molar-refractivity contribution in [3.8, 4) is 0 Å². The third-order valence-corrected chi connectivity index (χ3v) is 2.87. The molecule has 16 heavy (non-hydrogen) atoms. The van der Waals surface area contributed by atoms with Gasteiger partial charge in [-0.1, -0.05) is 6.42 Å². The average molecular weight is 222 g/mol. The number of carbonyl (C=O) groups is 1. The van der Waals surface area contributed by atoms with Gasteiger partial charge in [0.05, 0.1) is 7.11 Å². The minimum absolute atomic E-state index is 0.00292. The summed E-state index contributed by atoms with van der Waals surface area (Å²) in [6, 6.07) is 1.62. The second kappa shape index (κ2) is 4.51. The first-order valence-electron chi connectivity index (χ1n) is 5.46. The molecule has 0 atom stereocenters. The maximum absolute atomic E-state index is 11.5. The minimum atomic E-state index is -0.624. The maximum Gasteiger partial charge on any atom is 0.350 e. The Bertz CT molecular complexity index is 459. The molecule has 86 valence electrons. The molecule has 0 radical (unpaired) electrons. The van der Waals surface area contributed by atoms with Gasteiger partial charge in [0.2, 0.25) is 0 Å². The number of methoxy groups -OCH3 is 1. The molecule has 0 saturated carbocycles. The summed E-state index contributed by atoms with van der Waals surface area (Å²) in [6.45, 7) is 0. The van der Waals surface area contributed by atoms with E-state index in [1.165, 1.54) is 7.11 Å². The van der Waals surface area contributed by atoms with E-state index in [4.69, 9.17) is 4.42 Å². The van der Waals surface area contributed by atoms with Gasteiger partial charge < -0.3 is 9.15 Å². The molecular formula is C12H14O4. The Morgan fingerprint density at radius 1 is 1.31 bits per heavy atom. The number of esters is 1.